The predicted octanol–water partition coefficient (Wildman–Crippen LogP) is 4.87. The lowest BCUT2D eigenvalue weighted by atomic mass is 9.90. The minimum Gasteiger partial charge on any atom is -0.379 e. The third-order valence-electron chi connectivity index (χ3n) is 6.62. The van der Waals surface area contributed by atoms with Gasteiger partial charge in [-0.2, -0.15) is 0 Å². The van der Waals surface area contributed by atoms with E-state index in [2.05, 4.69) is 26.5 Å². The van der Waals surface area contributed by atoms with Gasteiger partial charge in [-0.15, -0.1) is 12.6 Å². The molecule has 0 aromatic heterocycles. The van der Waals surface area contributed by atoms with Crippen LogP contribution in [-0.4, -0.2) is 84.6 Å². The lowest BCUT2D eigenvalue weighted by molar-refractivity contribution is -0.178. The van der Waals surface area contributed by atoms with E-state index in [1.807, 2.05) is 34.6 Å². The number of ketones is 2. The number of amides is 1. The van der Waals surface area contributed by atoms with Crippen molar-refractivity contribution in [2.45, 2.75) is 123 Å². The Labute approximate surface area is 236 Å². The van der Waals surface area contributed by atoms with Gasteiger partial charge in [-0.3, -0.25) is 14.4 Å². The van der Waals surface area contributed by atoms with Crippen LogP contribution >= 0.6 is 12.6 Å². The molecule has 1 aliphatic carbocycles. The van der Waals surface area contributed by atoms with E-state index in [-0.39, 0.29) is 61.3 Å². The Morgan fingerprint density at radius 2 is 1.45 bits per heavy atom. The number of thiol groups is 1. The molecule has 0 bridgehead atoms. The molecular formula is C29H53NO7S. The van der Waals surface area contributed by atoms with Gasteiger partial charge in [0.05, 0.1) is 56.7 Å². The van der Waals surface area contributed by atoms with E-state index in [1.54, 1.807) is 11.9 Å². The predicted molar refractivity (Wildman–Crippen MR) is 152 cm³/mol. The van der Waals surface area contributed by atoms with Gasteiger partial charge in [-0.1, -0.05) is 27.7 Å². The summed E-state index contributed by atoms with van der Waals surface area (Å²) in [5.41, 5.74) is -0.645. The third kappa shape index (κ3) is 14.4. The molecule has 1 aliphatic rings. The van der Waals surface area contributed by atoms with Gasteiger partial charge in [0.25, 0.3) is 0 Å². The fourth-order valence-electron chi connectivity index (χ4n) is 4.45. The Morgan fingerprint density at radius 3 is 1.95 bits per heavy atom. The molecule has 38 heavy (non-hydrogen) atoms. The third-order valence-corrected chi connectivity index (χ3v) is 6.91. The SMILES string of the molecule is CC(=O)CCOCC(COCCC(=O)C(C)C)N(C)C(=O)CC(C)(C)OC1CC(OC(C)(S)CC(C)C)C1. The molecule has 1 fully saturated rings. The van der Waals surface area contributed by atoms with Crippen molar-refractivity contribution < 1.29 is 33.3 Å². The molecule has 0 aliphatic heterocycles. The Bertz CT molecular complexity index is 747. The first kappa shape index (κ1) is 35.0. The minimum absolute atomic E-state index is 0.0317. The highest BCUT2D eigenvalue weighted by Crippen LogP contribution is 2.36. The zero-order valence-corrected chi connectivity index (χ0v) is 26.1. The molecule has 0 aromatic carbocycles. The largest absolute Gasteiger partial charge is 0.379 e. The van der Waals surface area contributed by atoms with Crippen molar-refractivity contribution in [3.05, 3.63) is 0 Å². The van der Waals surface area contributed by atoms with E-state index in [4.69, 9.17) is 18.9 Å². The lowest BCUT2D eigenvalue weighted by Gasteiger charge is -2.43. The standard InChI is InChI=1S/C29H53NO7S/c1-20(2)16-29(8,38)37-25-14-24(15-25)36-28(6,7)17-27(33)30(9)23(18-34-12-10-22(5)31)19-35-13-11-26(32)21(3)4/h20-21,23-25,38H,10-19H2,1-9H3. The van der Waals surface area contributed by atoms with Crippen LogP contribution in [0.2, 0.25) is 0 Å². The number of carbonyl (C=O) groups excluding carboxylic acids is 3. The molecule has 0 heterocycles. The second-order valence-corrected chi connectivity index (χ2v) is 13.2. The summed E-state index contributed by atoms with van der Waals surface area (Å²) in [4.78, 5) is 37.5. The van der Waals surface area contributed by atoms with E-state index in [0.29, 0.717) is 32.0 Å². The molecule has 0 spiro atoms. The first-order chi connectivity index (χ1) is 17.5. The van der Waals surface area contributed by atoms with E-state index in [0.717, 1.165) is 19.3 Å². The zero-order chi connectivity index (χ0) is 29.1. The van der Waals surface area contributed by atoms with Crippen LogP contribution in [0.25, 0.3) is 0 Å². The van der Waals surface area contributed by atoms with E-state index < -0.39 is 10.5 Å². The van der Waals surface area contributed by atoms with Crippen molar-refractivity contribution >= 4 is 30.1 Å². The zero-order valence-electron chi connectivity index (χ0n) is 25.2. The maximum Gasteiger partial charge on any atom is 0.225 e. The van der Waals surface area contributed by atoms with Gasteiger partial charge < -0.3 is 23.8 Å². The summed E-state index contributed by atoms with van der Waals surface area (Å²) >= 11 is 4.68. The number of hydrogen-bond donors (Lipinski definition) is 1. The molecular weight excluding hydrogens is 506 g/mol. The van der Waals surface area contributed by atoms with Crippen LogP contribution in [0.4, 0.5) is 0 Å². The quantitative estimate of drug-likeness (QED) is 0.129. The number of hydrogen-bond acceptors (Lipinski definition) is 8. The second-order valence-electron chi connectivity index (χ2n) is 12.3. The van der Waals surface area contributed by atoms with Crippen molar-refractivity contribution in [2.75, 3.05) is 33.5 Å². The topological polar surface area (TPSA) is 91.4 Å². The summed E-state index contributed by atoms with van der Waals surface area (Å²) in [5.74, 6) is 0.587. The number of carbonyl (C=O) groups is 3. The molecule has 0 radical (unpaired) electrons. The van der Waals surface area contributed by atoms with Gasteiger partial charge >= 0.3 is 0 Å². The summed E-state index contributed by atoms with van der Waals surface area (Å²) in [6.07, 6.45) is 3.49. The van der Waals surface area contributed by atoms with Gasteiger partial charge in [0, 0.05) is 38.6 Å². The van der Waals surface area contributed by atoms with Gasteiger partial charge in [0.15, 0.2) is 0 Å². The number of Topliss-reactive ketones (excluding diaryl/α,β-unsaturated/α-hetero) is 2. The molecule has 1 amide bonds. The smallest absolute Gasteiger partial charge is 0.225 e. The highest BCUT2D eigenvalue weighted by molar-refractivity contribution is 7.81. The first-order valence-corrected chi connectivity index (χ1v) is 14.5. The summed E-state index contributed by atoms with van der Waals surface area (Å²) in [7, 11) is 1.73. The van der Waals surface area contributed by atoms with Gasteiger partial charge in [-0.25, -0.2) is 0 Å². The molecule has 222 valence electrons. The van der Waals surface area contributed by atoms with Crippen molar-refractivity contribution in [1.29, 1.82) is 0 Å². The van der Waals surface area contributed by atoms with Crippen molar-refractivity contribution in [1.82, 2.24) is 4.90 Å². The van der Waals surface area contributed by atoms with Crippen molar-refractivity contribution in [3.8, 4) is 0 Å². The van der Waals surface area contributed by atoms with Crippen LogP contribution in [-0.2, 0) is 33.3 Å². The number of likely N-dealkylation sites (N-methyl/N-ethyl adjacent to an activating group) is 1. The molecule has 0 aromatic rings. The maximum atomic E-state index is 13.2. The average Bonchev–Trinajstić information content (AvgIpc) is 2.73. The Morgan fingerprint density at radius 1 is 0.921 bits per heavy atom. The fraction of sp³-hybridized carbons (Fsp3) is 0.897. The molecule has 1 saturated carbocycles. The van der Waals surface area contributed by atoms with E-state index in [1.165, 1.54) is 6.92 Å². The normalized spacial score (nSPS) is 20.2. The van der Waals surface area contributed by atoms with Gasteiger partial charge in [-0.05, 0) is 40.0 Å². The van der Waals surface area contributed by atoms with Crippen LogP contribution in [0.15, 0.2) is 0 Å². The molecule has 2 unspecified atom stereocenters. The number of nitrogens with zero attached hydrogens (tertiary/aromatic N) is 1. The lowest BCUT2D eigenvalue weighted by Crippen LogP contribution is -2.48. The summed E-state index contributed by atoms with van der Waals surface area (Å²) in [6, 6.07) is -0.338. The van der Waals surface area contributed by atoms with Gasteiger partial charge in [0.1, 0.15) is 16.5 Å². The first-order valence-electron chi connectivity index (χ1n) is 14.0. The monoisotopic (exact) mass is 559 g/mol. The van der Waals surface area contributed by atoms with Gasteiger partial charge in [0.2, 0.25) is 5.91 Å². The molecule has 8 nitrogen and oxygen atoms in total. The fourth-order valence-corrected chi connectivity index (χ4v) is 4.96. The number of ether oxygens (including phenoxy) is 4. The van der Waals surface area contributed by atoms with Crippen LogP contribution in [0, 0.1) is 11.8 Å². The maximum absolute atomic E-state index is 13.2. The summed E-state index contributed by atoms with van der Waals surface area (Å²) in [5, 5.41) is 0. The molecule has 1 rings (SSSR count). The highest BCUT2D eigenvalue weighted by Gasteiger charge is 2.39. The Hall–Kier alpha value is -1.000. The van der Waals surface area contributed by atoms with E-state index >= 15 is 0 Å². The molecule has 0 N–H and O–H groups in total. The van der Waals surface area contributed by atoms with Crippen LogP contribution in [0.1, 0.15) is 93.9 Å². The van der Waals surface area contributed by atoms with E-state index in [9.17, 15) is 14.4 Å². The molecule has 2 atom stereocenters. The average molecular weight is 560 g/mol. The van der Waals surface area contributed by atoms with Crippen LogP contribution < -0.4 is 0 Å². The van der Waals surface area contributed by atoms with Crippen molar-refractivity contribution in [3.63, 3.8) is 0 Å². The second kappa shape index (κ2) is 16.3. The Kier molecular flexibility index (Phi) is 15.0. The minimum atomic E-state index is -0.645. The summed E-state index contributed by atoms with van der Waals surface area (Å²) in [6.45, 7) is 16.5. The highest BCUT2D eigenvalue weighted by atomic mass is 32.1. The summed E-state index contributed by atoms with van der Waals surface area (Å²) < 4.78 is 23.9. The molecule has 9 heteroatoms. The van der Waals surface area contributed by atoms with Crippen LogP contribution in [0.5, 0.6) is 0 Å². The number of rotatable bonds is 20. The van der Waals surface area contributed by atoms with Crippen molar-refractivity contribution in [2.24, 2.45) is 11.8 Å². The Balaban J connectivity index is 2.59. The van der Waals surface area contributed by atoms with Crippen LogP contribution in [0.3, 0.4) is 0 Å². The molecule has 0 saturated heterocycles.